The summed E-state index contributed by atoms with van der Waals surface area (Å²) >= 11 is 12.4. The molecular formula is C26H25Cl2N5O. The maximum Gasteiger partial charge on any atom is 0.254 e. The monoisotopic (exact) mass is 493 g/mol. The number of para-hydroxylation sites is 1. The van der Waals surface area contributed by atoms with E-state index in [2.05, 4.69) is 10.00 Å². The third kappa shape index (κ3) is 4.67. The fourth-order valence-electron chi connectivity index (χ4n) is 4.34. The Morgan fingerprint density at radius 3 is 2.56 bits per heavy atom. The van der Waals surface area contributed by atoms with Crippen LogP contribution in [0.15, 0.2) is 60.9 Å². The van der Waals surface area contributed by atoms with E-state index < -0.39 is 0 Å². The number of fused-ring (bicyclic) bond motifs is 1. The Bertz CT molecular complexity index is 1340. The van der Waals surface area contributed by atoms with E-state index in [0.717, 1.165) is 53.9 Å². The van der Waals surface area contributed by atoms with Gasteiger partial charge in [-0.2, -0.15) is 5.10 Å². The molecule has 0 unspecified atom stereocenters. The van der Waals surface area contributed by atoms with Crippen molar-refractivity contribution < 1.29 is 4.79 Å². The molecule has 1 aliphatic heterocycles. The van der Waals surface area contributed by atoms with Crippen LogP contribution in [0, 0.1) is 0 Å². The summed E-state index contributed by atoms with van der Waals surface area (Å²) in [6.07, 6.45) is 3.77. The maximum atomic E-state index is 13.6. The zero-order chi connectivity index (χ0) is 23.7. The van der Waals surface area contributed by atoms with Crippen LogP contribution in [-0.4, -0.2) is 56.7 Å². The highest BCUT2D eigenvalue weighted by Gasteiger charge is 2.25. The third-order valence-electron chi connectivity index (χ3n) is 6.27. The average molecular weight is 494 g/mol. The molecule has 0 aliphatic carbocycles. The van der Waals surface area contributed by atoms with Crippen molar-refractivity contribution >= 4 is 40.0 Å². The number of benzene rings is 2. The van der Waals surface area contributed by atoms with Gasteiger partial charge in [0.25, 0.3) is 5.91 Å². The van der Waals surface area contributed by atoms with Crippen molar-refractivity contribution in [1.82, 2.24) is 24.6 Å². The molecule has 8 heteroatoms. The van der Waals surface area contributed by atoms with Crippen LogP contribution in [0.4, 0.5) is 0 Å². The summed E-state index contributed by atoms with van der Waals surface area (Å²) in [4.78, 5) is 22.7. The van der Waals surface area contributed by atoms with E-state index in [9.17, 15) is 4.79 Å². The number of pyridine rings is 1. The van der Waals surface area contributed by atoms with Crippen LogP contribution in [-0.2, 0) is 13.1 Å². The maximum absolute atomic E-state index is 13.6. The zero-order valence-electron chi connectivity index (χ0n) is 18.9. The molecule has 0 N–H and O–H groups in total. The van der Waals surface area contributed by atoms with Crippen molar-refractivity contribution in [2.24, 2.45) is 0 Å². The predicted octanol–water partition coefficient (Wildman–Crippen LogP) is 5.38. The molecule has 0 saturated carbocycles. The van der Waals surface area contributed by atoms with Crippen molar-refractivity contribution in [3.05, 3.63) is 82.1 Å². The van der Waals surface area contributed by atoms with Gasteiger partial charge in [-0.15, -0.1) is 0 Å². The average Bonchev–Trinajstić information content (AvgIpc) is 3.35. The molecule has 1 aliphatic rings. The standard InChI is InChI=1S/C26H25Cl2N5O/c1-2-33-17-19(15-29-33)25-14-22(21-5-3-4-6-24(21)30-25)26(34)32-11-9-31(10-12-32)16-18-7-8-20(27)13-23(18)28/h3-8,13-15,17H,2,9-12,16H2,1H3. The topological polar surface area (TPSA) is 54.3 Å². The second-order valence-electron chi connectivity index (χ2n) is 8.46. The summed E-state index contributed by atoms with van der Waals surface area (Å²) in [5.41, 5.74) is 4.20. The second kappa shape index (κ2) is 9.74. The van der Waals surface area contributed by atoms with E-state index in [1.807, 2.05) is 65.2 Å². The van der Waals surface area contributed by atoms with Crippen LogP contribution in [0.1, 0.15) is 22.8 Å². The van der Waals surface area contributed by atoms with Gasteiger partial charge in [0.2, 0.25) is 0 Å². The highest BCUT2D eigenvalue weighted by atomic mass is 35.5. The van der Waals surface area contributed by atoms with E-state index in [1.54, 1.807) is 12.3 Å². The smallest absolute Gasteiger partial charge is 0.254 e. The minimum atomic E-state index is 0.0342. The largest absolute Gasteiger partial charge is 0.336 e. The zero-order valence-corrected chi connectivity index (χ0v) is 20.4. The van der Waals surface area contributed by atoms with Gasteiger partial charge in [-0.3, -0.25) is 14.4 Å². The predicted molar refractivity (Wildman–Crippen MR) is 136 cm³/mol. The molecular weight excluding hydrogens is 469 g/mol. The molecule has 1 amide bonds. The Morgan fingerprint density at radius 2 is 1.82 bits per heavy atom. The lowest BCUT2D eigenvalue weighted by Gasteiger charge is -2.35. The fourth-order valence-corrected chi connectivity index (χ4v) is 4.81. The van der Waals surface area contributed by atoms with Crippen molar-refractivity contribution in [3.8, 4) is 11.3 Å². The van der Waals surface area contributed by atoms with Crippen LogP contribution in [0.3, 0.4) is 0 Å². The Morgan fingerprint density at radius 1 is 1.03 bits per heavy atom. The van der Waals surface area contributed by atoms with Crippen LogP contribution in [0.5, 0.6) is 0 Å². The van der Waals surface area contributed by atoms with Crippen LogP contribution in [0.25, 0.3) is 22.2 Å². The number of carbonyl (C=O) groups excluding carboxylic acids is 1. The molecule has 4 aromatic rings. The molecule has 2 aromatic carbocycles. The number of hydrogen-bond donors (Lipinski definition) is 0. The molecule has 0 atom stereocenters. The summed E-state index contributed by atoms with van der Waals surface area (Å²) in [6.45, 7) is 6.44. The van der Waals surface area contributed by atoms with Gasteiger partial charge in [0.15, 0.2) is 0 Å². The number of aryl methyl sites for hydroxylation is 1. The van der Waals surface area contributed by atoms with Gasteiger partial charge in [0.05, 0.1) is 23.0 Å². The second-order valence-corrected chi connectivity index (χ2v) is 9.30. The Kier molecular flexibility index (Phi) is 6.55. The number of nitrogens with zero attached hydrogens (tertiary/aromatic N) is 5. The fraction of sp³-hybridized carbons (Fsp3) is 0.269. The molecule has 34 heavy (non-hydrogen) atoms. The third-order valence-corrected chi connectivity index (χ3v) is 6.86. The molecule has 3 heterocycles. The van der Waals surface area contributed by atoms with Gasteiger partial charge in [-0.25, -0.2) is 4.98 Å². The first kappa shape index (κ1) is 22.8. The molecule has 1 fully saturated rings. The summed E-state index contributed by atoms with van der Waals surface area (Å²) < 4.78 is 1.86. The van der Waals surface area contributed by atoms with E-state index in [0.29, 0.717) is 28.7 Å². The van der Waals surface area contributed by atoms with Crippen molar-refractivity contribution in [2.45, 2.75) is 20.0 Å². The van der Waals surface area contributed by atoms with Crippen LogP contribution >= 0.6 is 23.2 Å². The minimum Gasteiger partial charge on any atom is -0.336 e. The van der Waals surface area contributed by atoms with E-state index in [4.69, 9.17) is 28.2 Å². The number of rotatable bonds is 5. The van der Waals surface area contributed by atoms with Crippen molar-refractivity contribution in [2.75, 3.05) is 26.2 Å². The first-order valence-electron chi connectivity index (χ1n) is 11.4. The van der Waals surface area contributed by atoms with Gasteiger partial charge >= 0.3 is 0 Å². The highest BCUT2D eigenvalue weighted by molar-refractivity contribution is 6.35. The summed E-state index contributed by atoms with van der Waals surface area (Å²) in [6, 6.07) is 15.3. The minimum absolute atomic E-state index is 0.0342. The van der Waals surface area contributed by atoms with E-state index >= 15 is 0 Å². The number of aromatic nitrogens is 3. The number of halogens is 2. The van der Waals surface area contributed by atoms with Gasteiger partial charge < -0.3 is 4.90 Å². The number of piperazine rings is 1. The summed E-state index contributed by atoms with van der Waals surface area (Å²) in [5.74, 6) is 0.0342. The first-order chi connectivity index (χ1) is 16.5. The molecule has 0 spiro atoms. The number of carbonyl (C=O) groups is 1. The first-order valence-corrected chi connectivity index (χ1v) is 12.2. The molecule has 6 nitrogen and oxygen atoms in total. The molecule has 0 radical (unpaired) electrons. The Labute approximate surface area is 208 Å². The SMILES string of the molecule is CCn1cc(-c2cc(C(=O)N3CCN(Cc4ccc(Cl)cc4Cl)CC3)c3ccccc3n2)cn1. The molecule has 1 saturated heterocycles. The molecule has 174 valence electrons. The Balaban J connectivity index is 1.36. The quantitative estimate of drug-likeness (QED) is 0.374. The summed E-state index contributed by atoms with van der Waals surface area (Å²) in [5, 5.41) is 6.55. The molecule has 0 bridgehead atoms. The lowest BCUT2D eigenvalue weighted by atomic mass is 10.0. The van der Waals surface area contributed by atoms with E-state index in [1.165, 1.54) is 0 Å². The van der Waals surface area contributed by atoms with Gasteiger partial charge in [-0.05, 0) is 36.8 Å². The number of amides is 1. The molecule has 5 rings (SSSR count). The van der Waals surface area contributed by atoms with Gasteiger partial charge in [0.1, 0.15) is 0 Å². The van der Waals surface area contributed by atoms with Crippen molar-refractivity contribution in [1.29, 1.82) is 0 Å². The van der Waals surface area contributed by atoms with Gasteiger partial charge in [0, 0.05) is 66.5 Å². The van der Waals surface area contributed by atoms with E-state index in [-0.39, 0.29) is 5.91 Å². The van der Waals surface area contributed by atoms with Crippen molar-refractivity contribution in [3.63, 3.8) is 0 Å². The van der Waals surface area contributed by atoms with Crippen LogP contribution < -0.4 is 0 Å². The molecule has 2 aromatic heterocycles. The lowest BCUT2D eigenvalue weighted by Crippen LogP contribution is -2.48. The highest BCUT2D eigenvalue weighted by Crippen LogP contribution is 2.27. The Hall–Kier alpha value is -2.93. The summed E-state index contributed by atoms with van der Waals surface area (Å²) in [7, 11) is 0. The normalized spacial score (nSPS) is 14.6. The number of hydrogen-bond acceptors (Lipinski definition) is 4. The van der Waals surface area contributed by atoms with Gasteiger partial charge in [-0.1, -0.05) is 47.5 Å². The lowest BCUT2D eigenvalue weighted by molar-refractivity contribution is 0.0630. The van der Waals surface area contributed by atoms with Crippen LogP contribution in [0.2, 0.25) is 10.0 Å².